The molecule has 0 aliphatic heterocycles. The van der Waals surface area contributed by atoms with Gasteiger partial charge in [-0.15, -0.1) is 0 Å². The molecule has 0 aromatic carbocycles. The van der Waals surface area contributed by atoms with Gasteiger partial charge < -0.3 is 5.73 Å². The van der Waals surface area contributed by atoms with Crippen molar-refractivity contribution in [3.05, 3.63) is 23.8 Å². The summed E-state index contributed by atoms with van der Waals surface area (Å²) >= 11 is 0. The van der Waals surface area contributed by atoms with E-state index in [2.05, 4.69) is 9.97 Å². The summed E-state index contributed by atoms with van der Waals surface area (Å²) in [6.45, 7) is 1.99. The highest BCUT2D eigenvalue weighted by atomic mass is 14.9. The zero-order chi connectivity index (χ0) is 8.55. The number of rotatable bonds is 1. The van der Waals surface area contributed by atoms with Crippen LogP contribution in [0.4, 0.5) is 0 Å². The number of nitrogens with zero attached hydrogens (tertiary/aromatic N) is 2. The zero-order valence-electron chi connectivity index (χ0n) is 7.20. The van der Waals surface area contributed by atoms with Crippen LogP contribution in [0.3, 0.4) is 0 Å². The molecule has 0 bridgehead atoms. The summed E-state index contributed by atoms with van der Waals surface area (Å²) in [5.41, 5.74) is 6.73. The smallest absolute Gasteiger partial charge is 0.131 e. The molecule has 2 N–H and O–H groups in total. The van der Waals surface area contributed by atoms with Crippen molar-refractivity contribution in [2.45, 2.75) is 31.7 Å². The summed E-state index contributed by atoms with van der Waals surface area (Å²) in [6, 6.07) is 2.29. The van der Waals surface area contributed by atoms with Crippen LogP contribution in [0.15, 0.2) is 12.3 Å². The predicted octanol–water partition coefficient (Wildman–Crippen LogP) is 0.990. The molecule has 0 unspecified atom stereocenters. The fourth-order valence-electron chi connectivity index (χ4n) is 1.54. The van der Waals surface area contributed by atoms with E-state index in [-0.39, 0.29) is 0 Å². The van der Waals surface area contributed by atoms with Gasteiger partial charge in [-0.1, -0.05) is 0 Å². The number of aromatic nitrogens is 2. The Morgan fingerprint density at radius 3 is 2.83 bits per heavy atom. The molecule has 0 radical (unpaired) electrons. The van der Waals surface area contributed by atoms with E-state index in [0.29, 0.717) is 12.0 Å². The quantitative estimate of drug-likeness (QED) is 0.671. The minimum Gasteiger partial charge on any atom is -0.328 e. The first-order chi connectivity index (χ1) is 5.75. The van der Waals surface area contributed by atoms with Crippen molar-refractivity contribution < 1.29 is 0 Å². The average Bonchev–Trinajstić information content (AvgIpc) is 1.99. The Balaban J connectivity index is 2.13. The van der Waals surface area contributed by atoms with E-state index in [1.807, 2.05) is 19.2 Å². The van der Waals surface area contributed by atoms with Crippen LogP contribution in [0.25, 0.3) is 0 Å². The minimum absolute atomic E-state index is 0.374. The Hall–Kier alpha value is -0.960. The van der Waals surface area contributed by atoms with Crippen molar-refractivity contribution in [2.75, 3.05) is 0 Å². The van der Waals surface area contributed by atoms with Crippen LogP contribution in [-0.2, 0) is 0 Å². The maximum Gasteiger partial charge on any atom is 0.131 e. The van der Waals surface area contributed by atoms with E-state index in [4.69, 9.17) is 5.73 Å². The lowest BCUT2D eigenvalue weighted by molar-refractivity contribution is 0.337. The van der Waals surface area contributed by atoms with Crippen molar-refractivity contribution in [1.29, 1.82) is 0 Å². The van der Waals surface area contributed by atoms with Crippen molar-refractivity contribution in [3.63, 3.8) is 0 Å². The largest absolute Gasteiger partial charge is 0.328 e. The number of nitrogens with two attached hydrogens (primary N) is 1. The van der Waals surface area contributed by atoms with Gasteiger partial charge in [0.25, 0.3) is 0 Å². The Bertz CT molecular complexity index is 279. The van der Waals surface area contributed by atoms with Gasteiger partial charge in [0.1, 0.15) is 5.82 Å². The molecule has 1 aliphatic rings. The normalized spacial score (nSPS) is 28.2. The molecule has 2 rings (SSSR count). The summed E-state index contributed by atoms with van der Waals surface area (Å²) in [5, 5.41) is 0. The average molecular weight is 163 g/mol. The van der Waals surface area contributed by atoms with E-state index in [9.17, 15) is 0 Å². The lowest BCUT2D eigenvalue weighted by Crippen LogP contribution is -2.35. The van der Waals surface area contributed by atoms with E-state index >= 15 is 0 Å². The molecular weight excluding hydrogens is 150 g/mol. The molecule has 1 aromatic heterocycles. The predicted molar refractivity (Wildman–Crippen MR) is 46.7 cm³/mol. The zero-order valence-corrected chi connectivity index (χ0v) is 7.20. The summed E-state index contributed by atoms with van der Waals surface area (Å²) in [7, 11) is 0. The van der Waals surface area contributed by atoms with Gasteiger partial charge in [0.05, 0.1) is 0 Å². The molecule has 0 saturated heterocycles. The van der Waals surface area contributed by atoms with Gasteiger partial charge >= 0.3 is 0 Å². The molecule has 0 atom stereocenters. The maximum absolute atomic E-state index is 5.69. The number of hydrogen-bond donors (Lipinski definition) is 1. The number of aryl methyl sites for hydroxylation is 1. The third kappa shape index (κ3) is 1.32. The first kappa shape index (κ1) is 7.68. The van der Waals surface area contributed by atoms with E-state index in [1.165, 1.54) is 0 Å². The monoisotopic (exact) mass is 163 g/mol. The van der Waals surface area contributed by atoms with Gasteiger partial charge in [0.2, 0.25) is 0 Å². The van der Waals surface area contributed by atoms with Gasteiger partial charge in [-0.3, -0.25) is 0 Å². The molecule has 3 nitrogen and oxygen atoms in total. The fraction of sp³-hybridized carbons (Fsp3) is 0.556. The minimum atomic E-state index is 0.374. The fourth-order valence-corrected chi connectivity index (χ4v) is 1.54. The van der Waals surface area contributed by atoms with E-state index in [0.717, 1.165) is 24.4 Å². The first-order valence-corrected chi connectivity index (χ1v) is 4.31. The molecular formula is C9H13N3. The lowest BCUT2D eigenvalue weighted by atomic mass is 9.80. The second-order valence-electron chi connectivity index (χ2n) is 3.48. The van der Waals surface area contributed by atoms with Crippen molar-refractivity contribution in [2.24, 2.45) is 5.73 Å². The van der Waals surface area contributed by atoms with E-state index in [1.54, 1.807) is 0 Å². The molecule has 64 valence electrons. The third-order valence-electron chi connectivity index (χ3n) is 2.35. The Kier molecular flexibility index (Phi) is 1.81. The highest BCUT2D eigenvalue weighted by Gasteiger charge is 2.29. The van der Waals surface area contributed by atoms with Crippen LogP contribution in [0.5, 0.6) is 0 Å². The number of hydrogen-bond acceptors (Lipinski definition) is 3. The van der Waals surface area contributed by atoms with Crippen molar-refractivity contribution in [3.8, 4) is 0 Å². The van der Waals surface area contributed by atoms with Gasteiger partial charge in [-0.2, -0.15) is 0 Å². The molecule has 12 heavy (non-hydrogen) atoms. The van der Waals surface area contributed by atoms with Crippen molar-refractivity contribution >= 4 is 0 Å². The van der Waals surface area contributed by atoms with Gasteiger partial charge in [0.15, 0.2) is 0 Å². The highest BCUT2D eigenvalue weighted by molar-refractivity contribution is 5.08. The molecule has 0 spiro atoms. The summed E-state index contributed by atoms with van der Waals surface area (Å²) in [6.07, 6.45) is 3.91. The van der Waals surface area contributed by atoms with Gasteiger partial charge in [0, 0.05) is 23.9 Å². The highest BCUT2D eigenvalue weighted by Crippen LogP contribution is 2.33. The summed E-state index contributed by atoms with van der Waals surface area (Å²) < 4.78 is 0. The molecule has 0 amide bonds. The second kappa shape index (κ2) is 2.83. The Morgan fingerprint density at radius 2 is 2.25 bits per heavy atom. The third-order valence-corrected chi connectivity index (χ3v) is 2.35. The molecule has 3 heteroatoms. The van der Waals surface area contributed by atoms with Gasteiger partial charge in [-0.25, -0.2) is 9.97 Å². The van der Waals surface area contributed by atoms with Crippen LogP contribution in [-0.4, -0.2) is 16.0 Å². The van der Waals surface area contributed by atoms with Crippen LogP contribution in [0.1, 0.15) is 30.3 Å². The van der Waals surface area contributed by atoms with Crippen LogP contribution >= 0.6 is 0 Å². The van der Waals surface area contributed by atoms with E-state index < -0.39 is 0 Å². The van der Waals surface area contributed by atoms with Crippen LogP contribution in [0, 0.1) is 6.92 Å². The lowest BCUT2D eigenvalue weighted by Gasteiger charge is -2.30. The van der Waals surface area contributed by atoms with Crippen LogP contribution in [0.2, 0.25) is 0 Å². The van der Waals surface area contributed by atoms with Gasteiger partial charge in [-0.05, 0) is 25.8 Å². The Labute approximate surface area is 72.0 Å². The second-order valence-corrected chi connectivity index (χ2v) is 3.48. The molecule has 1 saturated carbocycles. The standard InChI is InChI=1S/C9H13N3/c1-6-2-3-11-9(12-6)7-4-8(10)5-7/h2-3,7-8H,4-5,10H2,1H3. The SMILES string of the molecule is Cc1ccnc(C2CC(N)C2)n1. The summed E-state index contributed by atoms with van der Waals surface area (Å²) in [4.78, 5) is 8.59. The molecule has 1 aromatic rings. The summed E-state index contributed by atoms with van der Waals surface area (Å²) in [5.74, 6) is 1.48. The van der Waals surface area contributed by atoms with Crippen LogP contribution < -0.4 is 5.73 Å². The Morgan fingerprint density at radius 1 is 1.50 bits per heavy atom. The topological polar surface area (TPSA) is 51.8 Å². The van der Waals surface area contributed by atoms with Crippen molar-refractivity contribution in [1.82, 2.24) is 9.97 Å². The molecule has 1 aliphatic carbocycles. The molecule has 1 fully saturated rings. The molecule has 1 heterocycles. The first-order valence-electron chi connectivity index (χ1n) is 4.31. The maximum atomic E-state index is 5.69.